The molecule has 3 rings (SSSR count). The minimum atomic E-state index is -4.42. The van der Waals surface area contributed by atoms with Gasteiger partial charge in [-0.25, -0.2) is 12.8 Å². The fraction of sp³-hybridized carbons (Fsp3) is 0.310. The second kappa shape index (κ2) is 14.6. The van der Waals surface area contributed by atoms with Crippen LogP contribution in [0.4, 0.5) is 10.1 Å². The van der Waals surface area contributed by atoms with Crippen LogP contribution in [-0.2, 0) is 26.2 Å². The van der Waals surface area contributed by atoms with Gasteiger partial charge in [0.15, 0.2) is 11.5 Å². The first-order valence-electron chi connectivity index (χ1n) is 13.0. The summed E-state index contributed by atoms with van der Waals surface area (Å²) in [4.78, 5) is 28.2. The van der Waals surface area contributed by atoms with Gasteiger partial charge in [-0.05, 0) is 67.4 Å². The SMILES string of the molecule is CCNC(=O)[C@H](CC)N(Cc1ccc(Cl)cc1Cl)C(=O)CN(c1ccc(F)cc1)S(=O)(=O)c1ccc(OC)c(OC)c1. The van der Waals surface area contributed by atoms with Crippen molar-refractivity contribution in [3.63, 3.8) is 0 Å². The normalized spacial score (nSPS) is 11.9. The van der Waals surface area contributed by atoms with Crippen molar-refractivity contribution in [2.24, 2.45) is 0 Å². The highest BCUT2D eigenvalue weighted by Gasteiger charge is 2.34. The van der Waals surface area contributed by atoms with Gasteiger partial charge >= 0.3 is 0 Å². The number of carbonyl (C=O) groups excluding carboxylic acids is 2. The van der Waals surface area contributed by atoms with E-state index in [4.69, 9.17) is 32.7 Å². The molecule has 3 aromatic rings. The van der Waals surface area contributed by atoms with Crippen LogP contribution < -0.4 is 19.1 Å². The van der Waals surface area contributed by atoms with E-state index in [0.29, 0.717) is 22.9 Å². The predicted octanol–water partition coefficient (Wildman–Crippen LogP) is 5.29. The molecule has 0 unspecified atom stereocenters. The monoisotopic (exact) mass is 639 g/mol. The van der Waals surface area contributed by atoms with Crippen molar-refractivity contribution in [2.75, 3.05) is 31.6 Å². The number of rotatable bonds is 13. The minimum Gasteiger partial charge on any atom is -0.493 e. The van der Waals surface area contributed by atoms with Crippen molar-refractivity contribution in [2.45, 2.75) is 37.8 Å². The summed E-state index contributed by atoms with van der Waals surface area (Å²) in [5, 5.41) is 3.39. The number of ether oxygens (including phenoxy) is 2. The van der Waals surface area contributed by atoms with Crippen molar-refractivity contribution < 1.29 is 31.9 Å². The zero-order chi connectivity index (χ0) is 31.0. The third-order valence-electron chi connectivity index (χ3n) is 6.43. The number of carbonyl (C=O) groups is 2. The molecule has 2 amide bonds. The van der Waals surface area contributed by atoms with Gasteiger partial charge in [0, 0.05) is 29.2 Å². The summed E-state index contributed by atoms with van der Waals surface area (Å²) in [7, 11) is -1.64. The Kier molecular flexibility index (Phi) is 11.4. The van der Waals surface area contributed by atoms with Crippen molar-refractivity contribution in [1.29, 1.82) is 0 Å². The number of sulfonamides is 1. The van der Waals surface area contributed by atoms with Gasteiger partial charge in [0.05, 0.1) is 24.8 Å². The second-order valence-electron chi connectivity index (χ2n) is 9.08. The Bertz CT molecular complexity index is 1520. The standard InChI is InChI=1S/C29H32Cl2FN3O6S/c1-5-25(29(37)33-6-2)34(17-19-7-8-20(30)15-24(19)31)28(36)18-35(22-11-9-21(32)10-12-22)42(38,39)23-13-14-26(40-3)27(16-23)41-4/h7-16,25H,5-6,17-18H2,1-4H3,(H,33,37)/t25-/m0/s1. The van der Waals surface area contributed by atoms with Crippen LogP contribution in [0.5, 0.6) is 11.5 Å². The molecule has 1 atom stereocenters. The van der Waals surface area contributed by atoms with Crippen molar-refractivity contribution in [1.82, 2.24) is 10.2 Å². The largest absolute Gasteiger partial charge is 0.493 e. The highest BCUT2D eigenvalue weighted by Crippen LogP contribution is 2.33. The first kappa shape index (κ1) is 33.0. The van der Waals surface area contributed by atoms with Gasteiger partial charge in [-0.3, -0.25) is 13.9 Å². The molecule has 42 heavy (non-hydrogen) atoms. The summed E-state index contributed by atoms with van der Waals surface area (Å²) >= 11 is 12.5. The van der Waals surface area contributed by atoms with Crippen molar-refractivity contribution in [3.05, 3.63) is 82.1 Å². The summed E-state index contributed by atoms with van der Waals surface area (Å²) < 4.78 is 53.2. The van der Waals surface area contributed by atoms with E-state index in [1.807, 2.05) is 0 Å². The van der Waals surface area contributed by atoms with Gasteiger partial charge in [-0.15, -0.1) is 0 Å². The van der Waals surface area contributed by atoms with E-state index >= 15 is 0 Å². The Hall–Kier alpha value is -3.54. The van der Waals surface area contributed by atoms with Crippen LogP contribution in [-0.4, -0.2) is 58.5 Å². The molecule has 3 aromatic carbocycles. The molecule has 0 aromatic heterocycles. The predicted molar refractivity (Wildman–Crippen MR) is 160 cm³/mol. The molecule has 0 aliphatic heterocycles. The molecule has 0 saturated carbocycles. The van der Waals surface area contributed by atoms with E-state index in [0.717, 1.165) is 16.4 Å². The molecule has 0 radical (unpaired) electrons. The minimum absolute atomic E-state index is 0.0371. The molecular weight excluding hydrogens is 608 g/mol. The first-order valence-corrected chi connectivity index (χ1v) is 15.2. The lowest BCUT2D eigenvalue weighted by atomic mass is 10.1. The average molecular weight is 641 g/mol. The zero-order valence-electron chi connectivity index (χ0n) is 23.6. The molecule has 1 N–H and O–H groups in total. The Balaban J connectivity index is 2.11. The van der Waals surface area contributed by atoms with Crippen LogP contribution in [0.25, 0.3) is 0 Å². The third kappa shape index (κ3) is 7.64. The van der Waals surface area contributed by atoms with E-state index in [1.165, 1.54) is 55.5 Å². The van der Waals surface area contributed by atoms with Crippen molar-refractivity contribution in [3.8, 4) is 11.5 Å². The molecule has 0 bridgehead atoms. The first-order chi connectivity index (χ1) is 20.0. The Morgan fingerprint density at radius 2 is 1.62 bits per heavy atom. The zero-order valence-corrected chi connectivity index (χ0v) is 25.9. The van der Waals surface area contributed by atoms with Gasteiger partial charge in [-0.1, -0.05) is 36.2 Å². The number of likely N-dealkylation sites (N-methyl/N-ethyl adjacent to an activating group) is 1. The van der Waals surface area contributed by atoms with E-state index in [9.17, 15) is 22.4 Å². The molecule has 0 aliphatic carbocycles. The average Bonchev–Trinajstić information content (AvgIpc) is 2.97. The molecule has 9 nitrogen and oxygen atoms in total. The fourth-order valence-corrected chi connectivity index (χ4v) is 6.18. The summed E-state index contributed by atoms with van der Waals surface area (Å²) in [5.74, 6) is -1.22. The number of methoxy groups -OCH3 is 2. The summed E-state index contributed by atoms with van der Waals surface area (Å²) in [5.41, 5.74) is 0.545. The van der Waals surface area contributed by atoms with Crippen LogP contribution in [0, 0.1) is 5.82 Å². The number of anilines is 1. The van der Waals surface area contributed by atoms with Crippen LogP contribution in [0.2, 0.25) is 10.0 Å². The molecule has 0 heterocycles. The Morgan fingerprint density at radius 1 is 0.952 bits per heavy atom. The second-order valence-corrected chi connectivity index (χ2v) is 11.8. The third-order valence-corrected chi connectivity index (χ3v) is 8.79. The van der Waals surface area contributed by atoms with E-state index in [-0.39, 0.29) is 34.3 Å². The van der Waals surface area contributed by atoms with Gasteiger partial charge in [-0.2, -0.15) is 0 Å². The summed E-state index contributed by atoms with van der Waals surface area (Å²) in [6, 6.07) is 12.5. The highest BCUT2D eigenvalue weighted by atomic mass is 35.5. The van der Waals surface area contributed by atoms with Crippen LogP contribution >= 0.6 is 23.2 Å². The molecule has 13 heteroatoms. The fourth-order valence-electron chi connectivity index (χ4n) is 4.29. The van der Waals surface area contributed by atoms with Crippen LogP contribution in [0.1, 0.15) is 25.8 Å². The summed E-state index contributed by atoms with van der Waals surface area (Å²) in [6.07, 6.45) is 0.238. The van der Waals surface area contributed by atoms with Crippen LogP contribution in [0.3, 0.4) is 0 Å². The van der Waals surface area contributed by atoms with Crippen LogP contribution in [0.15, 0.2) is 65.6 Å². The number of hydrogen-bond acceptors (Lipinski definition) is 6. The molecular formula is C29H32Cl2FN3O6S. The van der Waals surface area contributed by atoms with E-state index in [1.54, 1.807) is 26.0 Å². The lowest BCUT2D eigenvalue weighted by Gasteiger charge is -2.33. The van der Waals surface area contributed by atoms with Gasteiger partial charge in [0.2, 0.25) is 11.8 Å². The number of halogens is 3. The van der Waals surface area contributed by atoms with Gasteiger partial charge in [0.25, 0.3) is 10.0 Å². The molecule has 0 aliphatic rings. The maximum absolute atomic E-state index is 14.0. The van der Waals surface area contributed by atoms with Gasteiger partial charge in [0.1, 0.15) is 18.4 Å². The number of hydrogen-bond donors (Lipinski definition) is 1. The van der Waals surface area contributed by atoms with E-state index < -0.39 is 40.2 Å². The Morgan fingerprint density at radius 3 is 2.19 bits per heavy atom. The molecule has 226 valence electrons. The molecule has 0 saturated heterocycles. The lowest BCUT2D eigenvalue weighted by molar-refractivity contribution is -0.140. The smallest absolute Gasteiger partial charge is 0.264 e. The van der Waals surface area contributed by atoms with Crippen molar-refractivity contribution >= 4 is 50.7 Å². The number of amides is 2. The number of benzene rings is 3. The maximum atomic E-state index is 14.0. The topological polar surface area (TPSA) is 105 Å². The summed E-state index contributed by atoms with van der Waals surface area (Å²) in [6.45, 7) is 3.01. The quantitative estimate of drug-likeness (QED) is 0.273. The number of nitrogens with zero attached hydrogens (tertiary/aromatic N) is 2. The van der Waals surface area contributed by atoms with E-state index in [2.05, 4.69) is 5.32 Å². The maximum Gasteiger partial charge on any atom is 0.264 e. The number of nitrogens with one attached hydrogen (secondary N) is 1. The van der Waals surface area contributed by atoms with Gasteiger partial charge < -0.3 is 19.7 Å². The lowest BCUT2D eigenvalue weighted by Crippen LogP contribution is -2.52. The molecule has 0 spiro atoms. The molecule has 0 fully saturated rings. The Labute approximate surface area is 255 Å². The highest BCUT2D eigenvalue weighted by molar-refractivity contribution is 7.92.